The number of carbonyl (C=O) groups is 2. The summed E-state index contributed by atoms with van der Waals surface area (Å²) < 4.78 is 34.5. The summed E-state index contributed by atoms with van der Waals surface area (Å²) in [6, 6.07) is 4.87. The Hall–Kier alpha value is -2.72. The van der Waals surface area contributed by atoms with Gasteiger partial charge in [-0.25, -0.2) is 8.42 Å². The molecule has 0 atom stereocenters. The van der Waals surface area contributed by atoms with Crippen molar-refractivity contribution >= 4 is 27.7 Å². The van der Waals surface area contributed by atoms with Crippen LogP contribution >= 0.6 is 0 Å². The molecule has 2 aliphatic heterocycles. The van der Waals surface area contributed by atoms with Gasteiger partial charge in [0, 0.05) is 31.5 Å². The predicted octanol–water partition coefficient (Wildman–Crippen LogP) is 2.28. The van der Waals surface area contributed by atoms with Crippen LogP contribution in [0.1, 0.15) is 43.1 Å². The molecule has 0 saturated carbocycles. The smallest absolute Gasteiger partial charge is 0.249 e. The summed E-state index contributed by atoms with van der Waals surface area (Å²) in [6.07, 6.45) is 2.32. The Morgan fingerprint density at radius 3 is 2.57 bits per heavy atom. The predicted molar refractivity (Wildman–Crippen MR) is 110 cm³/mol. The van der Waals surface area contributed by atoms with Crippen LogP contribution in [-0.2, 0) is 21.2 Å². The van der Waals surface area contributed by atoms with Crippen LogP contribution in [0, 0.1) is 0 Å². The topological polar surface area (TPSA) is 111 Å². The molecule has 2 aromatic rings. The first-order chi connectivity index (χ1) is 14.4. The molecule has 1 amide bonds. The number of methoxy groups -OCH3 is 1. The highest BCUT2D eigenvalue weighted by atomic mass is 32.2. The van der Waals surface area contributed by atoms with Gasteiger partial charge in [0.05, 0.1) is 12.8 Å². The first kappa shape index (κ1) is 20.5. The lowest BCUT2D eigenvalue weighted by Crippen LogP contribution is -2.28. The summed E-state index contributed by atoms with van der Waals surface area (Å²) in [5.74, 6) is -0.0110. The zero-order chi connectivity index (χ0) is 21.5. The molecule has 160 valence electrons. The molecule has 4 rings (SSSR count). The highest BCUT2D eigenvalue weighted by Gasteiger charge is 2.32. The van der Waals surface area contributed by atoms with Crippen LogP contribution in [0.4, 0.5) is 5.82 Å². The van der Waals surface area contributed by atoms with Crippen molar-refractivity contribution in [1.82, 2.24) is 14.1 Å². The van der Waals surface area contributed by atoms with E-state index in [1.54, 1.807) is 18.2 Å². The zero-order valence-corrected chi connectivity index (χ0v) is 17.8. The monoisotopic (exact) mass is 432 g/mol. The Morgan fingerprint density at radius 1 is 1.17 bits per heavy atom. The number of amides is 1. The van der Waals surface area contributed by atoms with Crippen molar-refractivity contribution in [2.24, 2.45) is 0 Å². The molecule has 1 N–H and O–H groups in total. The van der Waals surface area contributed by atoms with Crippen molar-refractivity contribution in [3.8, 4) is 16.9 Å². The summed E-state index contributed by atoms with van der Waals surface area (Å²) in [5, 5.41) is 7.16. The lowest BCUT2D eigenvalue weighted by Gasteiger charge is -2.18. The Morgan fingerprint density at radius 2 is 1.90 bits per heavy atom. The average molecular weight is 433 g/mol. The third kappa shape index (κ3) is 3.39. The van der Waals surface area contributed by atoms with Crippen LogP contribution in [0.5, 0.6) is 5.75 Å². The maximum atomic E-state index is 13.2. The summed E-state index contributed by atoms with van der Waals surface area (Å²) in [6.45, 7) is 2.84. The van der Waals surface area contributed by atoms with Gasteiger partial charge in [-0.2, -0.15) is 14.1 Å². The Kier molecular flexibility index (Phi) is 5.37. The van der Waals surface area contributed by atoms with Crippen LogP contribution in [-0.4, -0.2) is 54.5 Å². The lowest BCUT2D eigenvalue weighted by molar-refractivity contribution is -0.116. The molecule has 1 fully saturated rings. The number of aryl methyl sites for hydroxylation is 1. The second kappa shape index (κ2) is 7.84. The maximum absolute atomic E-state index is 13.2. The minimum absolute atomic E-state index is 0.0673. The van der Waals surface area contributed by atoms with Gasteiger partial charge in [0.15, 0.2) is 0 Å². The van der Waals surface area contributed by atoms with Gasteiger partial charge in [0.2, 0.25) is 21.8 Å². The molecule has 10 heteroatoms. The van der Waals surface area contributed by atoms with Gasteiger partial charge in [-0.05, 0) is 37.0 Å². The van der Waals surface area contributed by atoms with E-state index in [0.29, 0.717) is 36.3 Å². The zero-order valence-electron chi connectivity index (χ0n) is 17.0. The number of hydrogen-bond acceptors (Lipinski definition) is 6. The van der Waals surface area contributed by atoms with Gasteiger partial charge in [-0.1, -0.05) is 13.0 Å². The molecule has 1 aromatic carbocycles. The number of carbonyl (C=O) groups excluding carboxylic acids is 2. The van der Waals surface area contributed by atoms with Crippen molar-refractivity contribution in [2.75, 3.05) is 25.5 Å². The Labute approximate surface area is 175 Å². The van der Waals surface area contributed by atoms with Crippen molar-refractivity contribution in [3.05, 3.63) is 23.9 Å². The van der Waals surface area contributed by atoms with Gasteiger partial charge in [0.1, 0.15) is 16.5 Å². The van der Waals surface area contributed by atoms with Crippen LogP contribution in [0.2, 0.25) is 0 Å². The molecule has 1 aromatic heterocycles. The number of ether oxygens (including phenoxy) is 1. The SMILES string of the molecule is CCc1nn2c(c1-c1ccc(OC)c(S(=O)(=O)N3CCCC3)c1)NC(=O)CCC2=O. The van der Waals surface area contributed by atoms with Gasteiger partial charge >= 0.3 is 0 Å². The summed E-state index contributed by atoms with van der Waals surface area (Å²) >= 11 is 0. The van der Waals surface area contributed by atoms with E-state index in [-0.39, 0.29) is 41.1 Å². The number of hydrogen-bond donors (Lipinski definition) is 1. The maximum Gasteiger partial charge on any atom is 0.249 e. The number of nitrogens with zero attached hydrogens (tertiary/aromatic N) is 3. The molecular formula is C20H24N4O5S. The van der Waals surface area contributed by atoms with Crippen LogP contribution in [0.25, 0.3) is 11.1 Å². The minimum atomic E-state index is -3.74. The molecule has 30 heavy (non-hydrogen) atoms. The van der Waals surface area contributed by atoms with Crippen LogP contribution < -0.4 is 10.1 Å². The van der Waals surface area contributed by atoms with E-state index in [1.165, 1.54) is 16.1 Å². The molecule has 0 spiro atoms. The molecule has 9 nitrogen and oxygen atoms in total. The van der Waals surface area contributed by atoms with Gasteiger partial charge < -0.3 is 10.1 Å². The van der Waals surface area contributed by atoms with Crippen LogP contribution in [0.3, 0.4) is 0 Å². The number of rotatable bonds is 5. The molecule has 3 heterocycles. The second-order valence-corrected chi connectivity index (χ2v) is 9.26. The van der Waals surface area contributed by atoms with Gasteiger partial charge in [-0.15, -0.1) is 0 Å². The molecule has 1 saturated heterocycles. The highest BCUT2D eigenvalue weighted by molar-refractivity contribution is 7.89. The van der Waals surface area contributed by atoms with E-state index < -0.39 is 10.0 Å². The van der Waals surface area contributed by atoms with Crippen LogP contribution in [0.15, 0.2) is 23.1 Å². The average Bonchev–Trinajstić information content (AvgIpc) is 3.37. The Balaban J connectivity index is 1.90. The van der Waals surface area contributed by atoms with E-state index in [2.05, 4.69) is 10.4 Å². The number of fused-ring (bicyclic) bond motifs is 1. The molecule has 2 aliphatic rings. The van der Waals surface area contributed by atoms with Crippen molar-refractivity contribution in [2.45, 2.75) is 43.9 Å². The molecule has 0 bridgehead atoms. The number of anilines is 1. The summed E-state index contributed by atoms with van der Waals surface area (Å²) in [5.41, 5.74) is 1.72. The molecule has 0 unspecified atom stereocenters. The Bertz CT molecular complexity index is 1120. The summed E-state index contributed by atoms with van der Waals surface area (Å²) in [4.78, 5) is 24.7. The molecular weight excluding hydrogens is 408 g/mol. The van der Waals surface area contributed by atoms with E-state index >= 15 is 0 Å². The van der Waals surface area contributed by atoms with Gasteiger partial charge in [-0.3, -0.25) is 9.59 Å². The fourth-order valence-electron chi connectivity index (χ4n) is 3.93. The first-order valence-electron chi connectivity index (χ1n) is 10.00. The fourth-order valence-corrected chi connectivity index (χ4v) is 5.63. The van der Waals surface area contributed by atoms with E-state index in [1.807, 2.05) is 6.92 Å². The minimum Gasteiger partial charge on any atom is -0.495 e. The molecule has 0 aliphatic carbocycles. The number of benzene rings is 1. The van der Waals surface area contributed by atoms with Crippen molar-refractivity contribution in [3.63, 3.8) is 0 Å². The number of nitrogens with one attached hydrogen (secondary N) is 1. The highest BCUT2D eigenvalue weighted by Crippen LogP contribution is 2.38. The lowest BCUT2D eigenvalue weighted by atomic mass is 10.0. The normalized spacial score (nSPS) is 17.5. The fraction of sp³-hybridized carbons (Fsp3) is 0.450. The third-order valence-electron chi connectivity index (χ3n) is 5.49. The van der Waals surface area contributed by atoms with Crippen molar-refractivity contribution < 1.29 is 22.7 Å². The van der Waals surface area contributed by atoms with E-state index in [9.17, 15) is 18.0 Å². The number of aromatic nitrogens is 2. The standard InChI is InChI=1S/C20H24N4O5S/c1-3-14-19(20-21-17(25)8-9-18(26)24(20)22-14)13-6-7-15(29-2)16(12-13)30(27,28)23-10-4-5-11-23/h6-7,12H,3-5,8-11H2,1-2H3,(H,21,25). The third-order valence-corrected chi connectivity index (χ3v) is 7.41. The number of sulfonamides is 1. The van der Waals surface area contributed by atoms with E-state index in [4.69, 9.17) is 4.74 Å². The largest absolute Gasteiger partial charge is 0.495 e. The molecule has 0 radical (unpaired) electrons. The quantitative estimate of drug-likeness (QED) is 0.776. The first-order valence-corrected chi connectivity index (χ1v) is 11.4. The van der Waals surface area contributed by atoms with Crippen molar-refractivity contribution in [1.29, 1.82) is 0 Å². The summed E-state index contributed by atoms with van der Waals surface area (Å²) in [7, 11) is -2.31. The van der Waals surface area contributed by atoms with Gasteiger partial charge in [0.25, 0.3) is 0 Å². The second-order valence-electron chi connectivity index (χ2n) is 7.35. The van der Waals surface area contributed by atoms with E-state index in [0.717, 1.165) is 12.8 Å².